The molecule has 8 heteroatoms. The summed E-state index contributed by atoms with van der Waals surface area (Å²) in [5.74, 6) is 0.615. The average molecular weight is 419 g/mol. The normalized spacial score (nSPS) is 28.0. The van der Waals surface area contributed by atoms with Crippen molar-refractivity contribution < 1.29 is 13.2 Å². The predicted octanol–water partition coefficient (Wildman–Crippen LogP) is 2.65. The molecule has 1 saturated heterocycles. The van der Waals surface area contributed by atoms with Crippen LogP contribution in [0.2, 0.25) is 0 Å². The van der Waals surface area contributed by atoms with Crippen LogP contribution in [0.25, 0.3) is 0 Å². The maximum Gasteiger partial charge on any atom is 0.209 e. The van der Waals surface area contributed by atoms with Gasteiger partial charge < -0.3 is 9.64 Å². The molecule has 1 aliphatic heterocycles. The van der Waals surface area contributed by atoms with Crippen molar-refractivity contribution in [3.05, 3.63) is 48.3 Å². The lowest BCUT2D eigenvalue weighted by atomic mass is 9.83. The van der Waals surface area contributed by atoms with Gasteiger partial charge in [-0.05, 0) is 43.6 Å². The van der Waals surface area contributed by atoms with Crippen molar-refractivity contribution in [1.29, 1.82) is 0 Å². The Labute approximate surface area is 172 Å². The highest BCUT2D eigenvalue weighted by atomic mass is 32.2. The van der Waals surface area contributed by atoms with Crippen LogP contribution in [0.3, 0.4) is 0 Å². The maximum absolute atomic E-state index is 11.8. The molecule has 7 nitrogen and oxygen atoms in total. The predicted molar refractivity (Wildman–Crippen MR) is 113 cm³/mol. The van der Waals surface area contributed by atoms with E-state index in [9.17, 15) is 8.42 Å². The summed E-state index contributed by atoms with van der Waals surface area (Å²) in [7, 11) is -3.27. The largest absolute Gasteiger partial charge is 0.376 e. The van der Waals surface area contributed by atoms with Crippen LogP contribution in [0.5, 0.6) is 0 Å². The van der Waals surface area contributed by atoms with Crippen LogP contribution in [0, 0.1) is 0 Å². The molecule has 0 spiro atoms. The maximum atomic E-state index is 11.8. The van der Waals surface area contributed by atoms with Gasteiger partial charge in [0.05, 0.1) is 36.9 Å². The number of rotatable bonds is 7. The summed E-state index contributed by atoms with van der Waals surface area (Å²) in [6, 6.07) is 10.5. The smallest absolute Gasteiger partial charge is 0.209 e. The summed E-state index contributed by atoms with van der Waals surface area (Å²) in [6.45, 7) is 1.29. The van der Waals surface area contributed by atoms with Crippen LogP contribution in [0.4, 0.5) is 5.69 Å². The van der Waals surface area contributed by atoms with Gasteiger partial charge in [-0.2, -0.15) is 5.10 Å². The molecule has 29 heavy (non-hydrogen) atoms. The molecule has 4 rings (SSSR count). The minimum Gasteiger partial charge on any atom is -0.376 e. The van der Waals surface area contributed by atoms with Gasteiger partial charge in [0.25, 0.3) is 0 Å². The second kappa shape index (κ2) is 8.85. The summed E-state index contributed by atoms with van der Waals surface area (Å²) in [5, 5.41) is 6.89. The molecule has 1 aliphatic carbocycles. The summed E-state index contributed by atoms with van der Waals surface area (Å²) in [6.07, 6.45) is 10.2. The monoisotopic (exact) mass is 418 g/mol. The number of nitrogens with zero attached hydrogens (tertiary/aromatic N) is 2. The van der Waals surface area contributed by atoms with E-state index in [1.807, 2.05) is 6.20 Å². The molecular weight excluding hydrogens is 388 g/mol. The van der Waals surface area contributed by atoms with Gasteiger partial charge in [0.2, 0.25) is 10.0 Å². The highest BCUT2D eigenvalue weighted by Gasteiger charge is 2.37. The van der Waals surface area contributed by atoms with E-state index in [-0.39, 0.29) is 18.2 Å². The van der Waals surface area contributed by atoms with Crippen LogP contribution in [-0.4, -0.2) is 56.2 Å². The third-order valence-electron chi connectivity index (χ3n) is 6.17. The zero-order valence-corrected chi connectivity index (χ0v) is 17.6. The van der Waals surface area contributed by atoms with Crippen molar-refractivity contribution >= 4 is 15.7 Å². The first kappa shape index (κ1) is 20.4. The minimum atomic E-state index is -3.27. The van der Waals surface area contributed by atoms with Gasteiger partial charge >= 0.3 is 0 Å². The van der Waals surface area contributed by atoms with Crippen LogP contribution in [0.1, 0.15) is 43.6 Å². The van der Waals surface area contributed by atoms with Gasteiger partial charge in [0, 0.05) is 18.8 Å². The number of aromatic nitrogens is 2. The number of benzene rings is 1. The molecule has 2 atom stereocenters. The fourth-order valence-corrected chi connectivity index (χ4v) is 5.54. The van der Waals surface area contributed by atoms with Crippen LogP contribution in [-0.2, 0) is 14.8 Å². The topological polar surface area (TPSA) is 87.3 Å². The molecule has 2 aliphatic rings. The lowest BCUT2D eigenvalue weighted by Crippen LogP contribution is -2.48. The van der Waals surface area contributed by atoms with Crippen molar-refractivity contribution in [2.24, 2.45) is 0 Å². The third-order valence-corrected chi connectivity index (χ3v) is 6.91. The molecular formula is C21H30N4O3S. The van der Waals surface area contributed by atoms with E-state index in [0.717, 1.165) is 44.3 Å². The van der Waals surface area contributed by atoms with E-state index in [1.165, 1.54) is 11.8 Å². The molecule has 2 fully saturated rings. The Hall–Kier alpha value is -1.90. The molecule has 1 aromatic carbocycles. The number of nitrogens with one attached hydrogen (secondary N) is 2. The lowest BCUT2D eigenvalue weighted by Gasteiger charge is -2.33. The second-order valence-corrected chi connectivity index (χ2v) is 10.0. The lowest BCUT2D eigenvalue weighted by molar-refractivity contribution is 0.0157. The van der Waals surface area contributed by atoms with Gasteiger partial charge in [-0.15, -0.1) is 0 Å². The molecule has 1 saturated carbocycles. The summed E-state index contributed by atoms with van der Waals surface area (Å²) >= 11 is 0. The molecule has 0 amide bonds. The van der Waals surface area contributed by atoms with Gasteiger partial charge in [-0.3, -0.25) is 5.10 Å². The Morgan fingerprint density at radius 2 is 1.93 bits per heavy atom. The van der Waals surface area contributed by atoms with E-state index >= 15 is 0 Å². The quantitative estimate of drug-likeness (QED) is 0.722. The van der Waals surface area contributed by atoms with E-state index in [4.69, 9.17) is 4.74 Å². The first-order valence-electron chi connectivity index (χ1n) is 10.4. The zero-order valence-electron chi connectivity index (χ0n) is 16.8. The Kier molecular flexibility index (Phi) is 6.22. The van der Waals surface area contributed by atoms with Gasteiger partial charge in [-0.25, -0.2) is 13.1 Å². The molecule has 0 unspecified atom stereocenters. The van der Waals surface area contributed by atoms with Crippen LogP contribution < -0.4 is 9.62 Å². The highest BCUT2D eigenvalue weighted by Crippen LogP contribution is 2.34. The number of H-pyrrole nitrogens is 1. The Bertz CT molecular complexity index is 865. The molecule has 1 aromatic heterocycles. The van der Waals surface area contributed by atoms with E-state index < -0.39 is 10.0 Å². The molecule has 2 aromatic rings. The Balaban J connectivity index is 1.36. The fraction of sp³-hybridized carbons (Fsp3) is 0.571. The number of hydrogen-bond donors (Lipinski definition) is 2. The average Bonchev–Trinajstić information content (AvgIpc) is 3.36. The third kappa shape index (κ3) is 5.18. The van der Waals surface area contributed by atoms with Gasteiger partial charge in [0.1, 0.15) is 0 Å². The molecule has 0 bridgehead atoms. The standard InChI is InChI=1S/C21H30N4O3S/c1-29(26,27)24-20-11-12-25(18-13-22-23-14-18)21(20)15-28-19-9-7-17(8-10-19)16-5-3-2-4-6-16/h2-6,13-14,17,19-21,24H,7-12,15H2,1H3,(H,22,23)/t17-,19+,20-,21-/m0/s1. The van der Waals surface area contributed by atoms with Gasteiger partial charge in [0.15, 0.2) is 0 Å². The SMILES string of the molecule is CS(=O)(=O)N[C@H]1CCN(c2cn[nH]c2)[C@H]1CO[C@H]1CC[C@@H](c2ccccc2)CC1. The van der Waals surface area contributed by atoms with Crippen molar-refractivity contribution in [2.75, 3.05) is 24.3 Å². The fourth-order valence-electron chi connectivity index (χ4n) is 4.72. The summed E-state index contributed by atoms with van der Waals surface area (Å²) in [5.41, 5.74) is 2.40. The van der Waals surface area contributed by atoms with Crippen LogP contribution >= 0.6 is 0 Å². The molecule has 2 heterocycles. The Morgan fingerprint density at radius 1 is 1.17 bits per heavy atom. The van der Waals surface area contributed by atoms with Crippen molar-refractivity contribution in [3.63, 3.8) is 0 Å². The first-order valence-corrected chi connectivity index (χ1v) is 12.3. The Morgan fingerprint density at radius 3 is 2.59 bits per heavy atom. The van der Waals surface area contributed by atoms with Crippen LogP contribution in [0.15, 0.2) is 42.7 Å². The van der Waals surface area contributed by atoms with E-state index in [1.54, 1.807) is 6.20 Å². The molecule has 158 valence electrons. The second-order valence-electron chi connectivity index (χ2n) is 8.22. The van der Waals surface area contributed by atoms with Gasteiger partial charge in [-0.1, -0.05) is 30.3 Å². The number of hydrogen-bond acceptors (Lipinski definition) is 5. The van der Waals surface area contributed by atoms with Crippen molar-refractivity contribution in [1.82, 2.24) is 14.9 Å². The summed E-state index contributed by atoms with van der Waals surface area (Å²) < 4.78 is 32.7. The number of aromatic amines is 1. The molecule has 0 radical (unpaired) electrons. The summed E-state index contributed by atoms with van der Waals surface area (Å²) in [4.78, 5) is 2.20. The number of sulfonamides is 1. The number of anilines is 1. The van der Waals surface area contributed by atoms with Crippen molar-refractivity contribution in [2.45, 2.75) is 56.2 Å². The zero-order chi connectivity index (χ0) is 20.3. The molecule has 2 N–H and O–H groups in total. The first-order chi connectivity index (χ1) is 14.0. The number of ether oxygens (including phenoxy) is 1. The van der Waals surface area contributed by atoms with E-state index in [2.05, 4.69) is 50.2 Å². The van der Waals surface area contributed by atoms with E-state index in [0.29, 0.717) is 12.5 Å². The van der Waals surface area contributed by atoms with Crippen molar-refractivity contribution in [3.8, 4) is 0 Å². The minimum absolute atomic E-state index is 0.0332. The highest BCUT2D eigenvalue weighted by molar-refractivity contribution is 7.88.